The minimum Gasteiger partial charge on any atom is -0.341 e. The zero-order chi connectivity index (χ0) is 28.2. The maximum Gasteiger partial charge on any atom is 0.308 e. The summed E-state index contributed by atoms with van der Waals surface area (Å²) in [4.78, 5) is 58.1. The molecule has 9 heteroatoms. The number of imide groups is 1. The molecular formula is C31H33N3O4S2. The number of hydrogen-bond donors (Lipinski definition) is 0. The predicted octanol–water partition coefficient (Wildman–Crippen LogP) is 5.02. The number of para-hydroxylation sites is 1. The van der Waals surface area contributed by atoms with Crippen LogP contribution in [0.2, 0.25) is 0 Å². The van der Waals surface area contributed by atoms with Gasteiger partial charge in [-0.3, -0.25) is 23.7 Å². The van der Waals surface area contributed by atoms with Crippen LogP contribution in [0.3, 0.4) is 0 Å². The van der Waals surface area contributed by atoms with Crippen LogP contribution in [0.25, 0.3) is 0 Å². The fourth-order valence-corrected chi connectivity index (χ4v) is 8.79. The molecule has 7 nitrogen and oxygen atoms in total. The van der Waals surface area contributed by atoms with Crippen molar-refractivity contribution in [1.29, 1.82) is 0 Å². The van der Waals surface area contributed by atoms with Gasteiger partial charge < -0.3 is 4.90 Å². The van der Waals surface area contributed by atoms with Gasteiger partial charge in [0.15, 0.2) is 0 Å². The first kappa shape index (κ1) is 27.0. The van der Waals surface area contributed by atoms with Crippen molar-refractivity contribution < 1.29 is 14.4 Å². The van der Waals surface area contributed by atoms with Crippen molar-refractivity contribution in [3.63, 3.8) is 0 Å². The Labute approximate surface area is 242 Å². The van der Waals surface area contributed by atoms with Crippen LogP contribution in [0.1, 0.15) is 62.0 Å². The lowest BCUT2D eigenvalue weighted by Crippen LogP contribution is -2.39. The SMILES string of the molecule is CC(C)(C)c1ccc(C2c3sc(=O)n(CC(=O)N4CCCCC4)c3SC3C(=O)N(c4ccccc4)C(=O)C32)cc1. The number of amides is 3. The van der Waals surface area contributed by atoms with E-state index < -0.39 is 17.1 Å². The number of carbonyl (C=O) groups is 3. The molecule has 4 heterocycles. The Balaban J connectivity index is 1.44. The average Bonchev–Trinajstić information content (AvgIpc) is 3.39. The standard InChI is InChI=1S/C31H33N3O4S2/c1-31(2,3)20-14-12-19(13-15-20)23-24-25(28(37)34(27(24)36)21-10-6-4-7-11-21)39-29-26(23)40-30(38)33(29)18-22(35)32-16-8-5-9-17-32/h4,6-7,10-15,23-25H,5,8-9,16-18H2,1-3H3. The van der Waals surface area contributed by atoms with Gasteiger partial charge in [0.25, 0.3) is 0 Å². The van der Waals surface area contributed by atoms with E-state index >= 15 is 0 Å². The van der Waals surface area contributed by atoms with Crippen molar-refractivity contribution in [1.82, 2.24) is 9.47 Å². The lowest BCUT2D eigenvalue weighted by atomic mass is 9.81. The quantitative estimate of drug-likeness (QED) is 0.409. The molecule has 3 unspecified atom stereocenters. The number of piperidine rings is 1. The van der Waals surface area contributed by atoms with E-state index in [-0.39, 0.29) is 34.6 Å². The summed E-state index contributed by atoms with van der Waals surface area (Å²) in [5, 5.41) is -0.0413. The molecule has 2 aromatic carbocycles. The molecule has 3 amide bonds. The van der Waals surface area contributed by atoms with Crippen LogP contribution in [0.15, 0.2) is 64.4 Å². The van der Waals surface area contributed by atoms with Crippen molar-refractivity contribution in [2.45, 2.75) is 68.2 Å². The number of thiazole rings is 1. The van der Waals surface area contributed by atoms with E-state index in [0.29, 0.717) is 23.8 Å². The summed E-state index contributed by atoms with van der Waals surface area (Å²) in [5.41, 5.74) is 2.57. The number of likely N-dealkylation sites (tertiary alicyclic amines) is 1. The summed E-state index contributed by atoms with van der Waals surface area (Å²) in [6.07, 6.45) is 3.05. The van der Waals surface area contributed by atoms with Gasteiger partial charge >= 0.3 is 4.87 Å². The molecule has 0 radical (unpaired) electrons. The largest absolute Gasteiger partial charge is 0.341 e. The third kappa shape index (κ3) is 4.63. The number of anilines is 1. The monoisotopic (exact) mass is 575 g/mol. The normalized spacial score (nSPS) is 22.8. The summed E-state index contributed by atoms with van der Waals surface area (Å²) >= 11 is 2.37. The number of thioether (sulfide) groups is 1. The number of nitrogens with zero attached hydrogens (tertiary/aromatic N) is 3. The van der Waals surface area contributed by atoms with Crippen molar-refractivity contribution >= 4 is 46.5 Å². The highest BCUT2D eigenvalue weighted by Gasteiger charge is 2.56. The molecule has 6 rings (SSSR count). The first-order chi connectivity index (χ1) is 19.1. The Hall–Kier alpha value is -3.17. The van der Waals surface area contributed by atoms with Crippen LogP contribution in [-0.4, -0.2) is 45.5 Å². The van der Waals surface area contributed by atoms with E-state index in [0.717, 1.165) is 46.6 Å². The van der Waals surface area contributed by atoms with Crippen LogP contribution in [-0.2, 0) is 26.3 Å². The Morgan fingerprint density at radius 1 is 0.900 bits per heavy atom. The van der Waals surface area contributed by atoms with E-state index in [2.05, 4.69) is 32.9 Å². The first-order valence-electron chi connectivity index (χ1n) is 13.9. The number of carbonyl (C=O) groups excluding carboxylic acids is 3. The fourth-order valence-electron chi connectivity index (χ4n) is 6.02. The van der Waals surface area contributed by atoms with E-state index in [1.165, 1.54) is 21.2 Å². The Kier molecular flexibility index (Phi) is 6.99. The third-order valence-corrected chi connectivity index (χ3v) is 10.8. The summed E-state index contributed by atoms with van der Waals surface area (Å²) < 4.78 is 1.54. The Morgan fingerprint density at radius 3 is 2.23 bits per heavy atom. The van der Waals surface area contributed by atoms with Crippen LogP contribution in [0.5, 0.6) is 0 Å². The highest BCUT2D eigenvalue weighted by atomic mass is 32.2. The number of fused-ring (bicyclic) bond motifs is 2. The second-order valence-electron chi connectivity index (χ2n) is 11.8. The lowest BCUT2D eigenvalue weighted by Gasteiger charge is -2.31. The molecule has 2 saturated heterocycles. The molecule has 3 atom stereocenters. The summed E-state index contributed by atoms with van der Waals surface area (Å²) in [5.74, 6) is -1.70. The minimum absolute atomic E-state index is 0.0408. The Morgan fingerprint density at radius 2 is 1.57 bits per heavy atom. The summed E-state index contributed by atoms with van der Waals surface area (Å²) in [7, 11) is 0. The molecule has 3 aromatic rings. The molecule has 0 aliphatic carbocycles. The second-order valence-corrected chi connectivity index (χ2v) is 13.9. The highest BCUT2D eigenvalue weighted by molar-refractivity contribution is 8.00. The van der Waals surface area contributed by atoms with Crippen molar-refractivity contribution in [2.24, 2.45) is 5.92 Å². The van der Waals surface area contributed by atoms with E-state index in [1.54, 1.807) is 12.1 Å². The van der Waals surface area contributed by atoms with Crippen LogP contribution in [0, 0.1) is 5.92 Å². The molecule has 3 aliphatic heterocycles. The second kappa shape index (κ2) is 10.3. The zero-order valence-electron chi connectivity index (χ0n) is 23.0. The minimum atomic E-state index is -0.683. The zero-order valence-corrected chi connectivity index (χ0v) is 24.6. The number of benzene rings is 2. The highest BCUT2D eigenvalue weighted by Crippen LogP contribution is 2.54. The molecule has 0 spiro atoms. The van der Waals surface area contributed by atoms with Gasteiger partial charge in [0, 0.05) is 23.9 Å². The van der Waals surface area contributed by atoms with Gasteiger partial charge in [-0.25, -0.2) is 4.90 Å². The van der Waals surface area contributed by atoms with Gasteiger partial charge in [0.2, 0.25) is 17.7 Å². The maximum atomic E-state index is 14.0. The van der Waals surface area contributed by atoms with Gasteiger partial charge in [0.1, 0.15) is 11.8 Å². The number of hydrogen-bond acceptors (Lipinski definition) is 6. The van der Waals surface area contributed by atoms with Crippen molar-refractivity contribution in [3.8, 4) is 0 Å². The lowest BCUT2D eigenvalue weighted by molar-refractivity contribution is -0.133. The van der Waals surface area contributed by atoms with Gasteiger partial charge in [-0.1, -0.05) is 86.3 Å². The van der Waals surface area contributed by atoms with Gasteiger partial charge in [-0.15, -0.1) is 0 Å². The van der Waals surface area contributed by atoms with Crippen molar-refractivity contribution in [3.05, 3.63) is 80.3 Å². The Bertz CT molecular complexity index is 1510. The number of aromatic nitrogens is 1. The van der Waals surface area contributed by atoms with Crippen molar-refractivity contribution in [2.75, 3.05) is 18.0 Å². The average molecular weight is 576 g/mol. The predicted molar refractivity (Wildman–Crippen MR) is 158 cm³/mol. The molecule has 208 valence electrons. The first-order valence-corrected chi connectivity index (χ1v) is 15.6. The van der Waals surface area contributed by atoms with Crippen LogP contribution in [0.4, 0.5) is 5.69 Å². The number of rotatable bonds is 4. The summed E-state index contributed by atoms with van der Waals surface area (Å²) in [6, 6.07) is 17.2. The molecular weight excluding hydrogens is 542 g/mol. The van der Waals surface area contributed by atoms with Crippen LogP contribution < -0.4 is 9.77 Å². The molecule has 0 saturated carbocycles. The molecule has 0 bridgehead atoms. The van der Waals surface area contributed by atoms with E-state index in [9.17, 15) is 19.2 Å². The molecule has 40 heavy (non-hydrogen) atoms. The maximum absolute atomic E-state index is 14.0. The molecule has 3 aliphatic rings. The molecule has 1 aromatic heterocycles. The smallest absolute Gasteiger partial charge is 0.308 e. The van der Waals surface area contributed by atoms with Gasteiger partial charge in [-0.2, -0.15) is 0 Å². The molecule has 2 fully saturated rings. The topological polar surface area (TPSA) is 79.7 Å². The fraction of sp³-hybridized carbons (Fsp3) is 0.419. The van der Waals surface area contributed by atoms with Gasteiger partial charge in [-0.05, 0) is 47.9 Å². The van der Waals surface area contributed by atoms with Gasteiger partial charge in [0.05, 0.1) is 16.6 Å². The summed E-state index contributed by atoms with van der Waals surface area (Å²) in [6.45, 7) is 7.81. The molecule has 0 N–H and O–H groups in total. The van der Waals surface area contributed by atoms with E-state index in [1.807, 2.05) is 35.2 Å². The van der Waals surface area contributed by atoms with E-state index in [4.69, 9.17) is 0 Å². The third-order valence-electron chi connectivity index (χ3n) is 8.20. The van der Waals surface area contributed by atoms with Crippen LogP contribution >= 0.6 is 23.1 Å².